The van der Waals surface area contributed by atoms with Crippen LogP contribution in [-0.2, 0) is 25.8 Å². The van der Waals surface area contributed by atoms with Crippen LogP contribution in [0, 0.1) is 0 Å². The van der Waals surface area contributed by atoms with Crippen LogP contribution in [0.15, 0.2) is 18.2 Å². The van der Waals surface area contributed by atoms with Crippen LogP contribution < -0.4 is 14.8 Å². The Hall–Kier alpha value is -2.29. The number of sulfone groups is 1. The third-order valence-corrected chi connectivity index (χ3v) is 6.43. The molecule has 1 N–H and O–H groups in total. The van der Waals surface area contributed by atoms with Gasteiger partial charge in [0.1, 0.15) is 0 Å². The lowest BCUT2D eigenvalue weighted by atomic mass is 10.1. The molecule has 1 aliphatic heterocycles. The Morgan fingerprint density at radius 3 is 2.52 bits per heavy atom. The number of methoxy groups -OCH3 is 2. The van der Waals surface area contributed by atoms with Gasteiger partial charge in [-0.3, -0.25) is 9.59 Å². The van der Waals surface area contributed by atoms with E-state index in [4.69, 9.17) is 9.47 Å². The zero-order valence-corrected chi connectivity index (χ0v) is 16.7. The summed E-state index contributed by atoms with van der Waals surface area (Å²) >= 11 is 0. The molecule has 2 amide bonds. The summed E-state index contributed by atoms with van der Waals surface area (Å²) in [5.41, 5.74) is 0.919. The minimum absolute atomic E-state index is 0.0114. The van der Waals surface area contributed by atoms with Crippen molar-refractivity contribution >= 4 is 21.7 Å². The molecule has 0 saturated carbocycles. The van der Waals surface area contributed by atoms with Gasteiger partial charge in [-0.05, 0) is 30.5 Å². The van der Waals surface area contributed by atoms with Gasteiger partial charge in [-0.15, -0.1) is 0 Å². The van der Waals surface area contributed by atoms with Gasteiger partial charge in [-0.2, -0.15) is 0 Å². The van der Waals surface area contributed by atoms with Gasteiger partial charge in [-0.1, -0.05) is 6.07 Å². The van der Waals surface area contributed by atoms with Gasteiger partial charge in [0.15, 0.2) is 21.3 Å². The van der Waals surface area contributed by atoms with E-state index in [2.05, 4.69) is 5.32 Å². The predicted octanol–water partition coefficient (Wildman–Crippen LogP) is 0.398. The molecule has 1 aromatic rings. The van der Waals surface area contributed by atoms with Crippen molar-refractivity contribution in [1.82, 2.24) is 10.2 Å². The zero-order chi connectivity index (χ0) is 20.0. The molecule has 150 valence electrons. The second-order valence-corrected chi connectivity index (χ2v) is 8.76. The Morgan fingerprint density at radius 2 is 1.93 bits per heavy atom. The SMILES string of the molecule is COc1ccc(CCC(=O)NCC(=O)N(C)C2CCS(=O)(=O)C2)cc1OC. The van der Waals surface area contributed by atoms with Crippen LogP contribution in [0.2, 0.25) is 0 Å². The molecule has 0 aliphatic carbocycles. The molecule has 1 unspecified atom stereocenters. The molecule has 1 fully saturated rings. The molecule has 0 radical (unpaired) electrons. The highest BCUT2D eigenvalue weighted by atomic mass is 32.2. The van der Waals surface area contributed by atoms with Crippen LogP contribution in [-0.4, -0.2) is 70.5 Å². The first-order chi connectivity index (χ1) is 12.8. The van der Waals surface area contributed by atoms with Gasteiger partial charge in [0, 0.05) is 19.5 Å². The van der Waals surface area contributed by atoms with Crippen molar-refractivity contribution in [3.63, 3.8) is 0 Å². The molecular weight excluding hydrogens is 372 g/mol. The van der Waals surface area contributed by atoms with E-state index < -0.39 is 9.84 Å². The van der Waals surface area contributed by atoms with E-state index >= 15 is 0 Å². The number of rotatable bonds is 8. The number of aryl methyl sites for hydroxylation is 1. The minimum Gasteiger partial charge on any atom is -0.493 e. The number of hydrogen-bond donors (Lipinski definition) is 1. The molecule has 8 nitrogen and oxygen atoms in total. The summed E-state index contributed by atoms with van der Waals surface area (Å²) < 4.78 is 33.4. The maximum absolute atomic E-state index is 12.2. The van der Waals surface area contributed by atoms with E-state index in [0.29, 0.717) is 24.3 Å². The number of likely N-dealkylation sites (N-methyl/N-ethyl adjacent to an activating group) is 1. The molecule has 1 saturated heterocycles. The van der Waals surface area contributed by atoms with Crippen LogP contribution in [0.1, 0.15) is 18.4 Å². The number of nitrogens with zero attached hydrogens (tertiary/aromatic N) is 1. The second-order valence-electron chi connectivity index (χ2n) is 6.53. The van der Waals surface area contributed by atoms with E-state index in [1.807, 2.05) is 12.1 Å². The molecule has 1 atom stereocenters. The Labute approximate surface area is 159 Å². The average Bonchev–Trinajstić information content (AvgIpc) is 3.03. The number of carbonyl (C=O) groups is 2. The summed E-state index contributed by atoms with van der Waals surface area (Å²) in [6, 6.07) is 5.13. The Kier molecular flexibility index (Phi) is 7.06. The van der Waals surface area contributed by atoms with E-state index in [1.54, 1.807) is 27.3 Å². The topological polar surface area (TPSA) is 102 Å². The van der Waals surface area contributed by atoms with E-state index in [1.165, 1.54) is 4.90 Å². The van der Waals surface area contributed by atoms with Crippen LogP contribution in [0.25, 0.3) is 0 Å². The summed E-state index contributed by atoms with van der Waals surface area (Å²) in [7, 11) is 1.62. The number of ether oxygens (including phenoxy) is 2. The fourth-order valence-electron chi connectivity index (χ4n) is 2.97. The molecule has 1 aliphatic rings. The largest absolute Gasteiger partial charge is 0.493 e. The fourth-order valence-corrected chi connectivity index (χ4v) is 4.74. The van der Waals surface area contributed by atoms with Crippen molar-refractivity contribution in [3.8, 4) is 11.5 Å². The number of hydrogen-bond acceptors (Lipinski definition) is 6. The lowest BCUT2D eigenvalue weighted by Gasteiger charge is -2.23. The average molecular weight is 398 g/mol. The maximum atomic E-state index is 12.2. The molecule has 27 heavy (non-hydrogen) atoms. The number of amides is 2. The van der Waals surface area contributed by atoms with Gasteiger partial charge in [0.2, 0.25) is 11.8 Å². The Morgan fingerprint density at radius 1 is 1.22 bits per heavy atom. The van der Waals surface area contributed by atoms with Gasteiger partial charge in [0.05, 0.1) is 32.3 Å². The van der Waals surface area contributed by atoms with Crippen molar-refractivity contribution in [2.75, 3.05) is 39.3 Å². The smallest absolute Gasteiger partial charge is 0.241 e. The van der Waals surface area contributed by atoms with E-state index in [0.717, 1.165) is 5.56 Å². The molecule has 0 aromatic heterocycles. The molecule has 0 spiro atoms. The van der Waals surface area contributed by atoms with Gasteiger partial charge < -0.3 is 19.7 Å². The van der Waals surface area contributed by atoms with Crippen molar-refractivity contribution < 1.29 is 27.5 Å². The molecule has 2 rings (SSSR count). The molecule has 1 heterocycles. The summed E-state index contributed by atoms with van der Waals surface area (Å²) in [6.07, 6.45) is 1.17. The number of carbonyl (C=O) groups excluding carboxylic acids is 2. The minimum atomic E-state index is -3.06. The first-order valence-corrected chi connectivity index (χ1v) is 10.5. The van der Waals surface area contributed by atoms with Crippen LogP contribution >= 0.6 is 0 Å². The standard InChI is InChI=1S/C18H26N2O6S/c1-20(14-8-9-27(23,24)12-14)18(22)11-19-17(21)7-5-13-4-6-15(25-2)16(10-13)26-3/h4,6,10,14H,5,7-9,11-12H2,1-3H3,(H,19,21). The summed E-state index contributed by atoms with van der Waals surface area (Å²) in [6.45, 7) is -0.141. The van der Waals surface area contributed by atoms with Crippen molar-refractivity contribution in [3.05, 3.63) is 23.8 Å². The van der Waals surface area contributed by atoms with Gasteiger partial charge >= 0.3 is 0 Å². The highest BCUT2D eigenvalue weighted by Gasteiger charge is 2.32. The fraction of sp³-hybridized carbons (Fsp3) is 0.556. The summed E-state index contributed by atoms with van der Waals surface area (Å²) in [5, 5.41) is 2.59. The zero-order valence-electron chi connectivity index (χ0n) is 15.9. The van der Waals surface area contributed by atoms with E-state index in [-0.39, 0.29) is 42.3 Å². The lowest BCUT2D eigenvalue weighted by Crippen LogP contribution is -2.43. The van der Waals surface area contributed by atoms with Crippen LogP contribution in [0.4, 0.5) is 0 Å². The monoisotopic (exact) mass is 398 g/mol. The summed E-state index contributed by atoms with van der Waals surface area (Å²) in [5.74, 6) is 0.768. The van der Waals surface area contributed by atoms with Crippen LogP contribution in [0.3, 0.4) is 0 Å². The number of nitrogens with one attached hydrogen (secondary N) is 1. The van der Waals surface area contributed by atoms with Gasteiger partial charge in [-0.25, -0.2) is 8.42 Å². The third-order valence-electron chi connectivity index (χ3n) is 4.67. The molecule has 9 heteroatoms. The lowest BCUT2D eigenvalue weighted by molar-refractivity contribution is -0.133. The summed E-state index contributed by atoms with van der Waals surface area (Å²) in [4.78, 5) is 25.6. The molecule has 1 aromatic carbocycles. The number of benzene rings is 1. The second kappa shape index (κ2) is 9.07. The Balaban J connectivity index is 1.78. The van der Waals surface area contributed by atoms with Gasteiger partial charge in [0.25, 0.3) is 0 Å². The predicted molar refractivity (Wildman–Crippen MR) is 101 cm³/mol. The third kappa shape index (κ3) is 5.85. The van der Waals surface area contributed by atoms with E-state index in [9.17, 15) is 18.0 Å². The van der Waals surface area contributed by atoms with Crippen molar-refractivity contribution in [2.24, 2.45) is 0 Å². The van der Waals surface area contributed by atoms with Crippen molar-refractivity contribution in [1.29, 1.82) is 0 Å². The Bertz CT molecular complexity index is 793. The molecule has 0 bridgehead atoms. The maximum Gasteiger partial charge on any atom is 0.241 e. The van der Waals surface area contributed by atoms with Crippen LogP contribution in [0.5, 0.6) is 11.5 Å². The first kappa shape index (κ1) is 21.0. The highest BCUT2D eigenvalue weighted by Crippen LogP contribution is 2.27. The first-order valence-electron chi connectivity index (χ1n) is 8.69. The molecular formula is C18H26N2O6S. The van der Waals surface area contributed by atoms with Crippen molar-refractivity contribution in [2.45, 2.75) is 25.3 Å². The quantitative estimate of drug-likeness (QED) is 0.680. The normalized spacial score (nSPS) is 18.0. The highest BCUT2D eigenvalue weighted by molar-refractivity contribution is 7.91.